The van der Waals surface area contributed by atoms with Crippen LogP contribution in [0.3, 0.4) is 0 Å². The molecule has 0 bridgehead atoms. The third-order valence-electron chi connectivity index (χ3n) is 3.14. The van der Waals surface area contributed by atoms with Crippen molar-refractivity contribution in [2.24, 2.45) is 0 Å². The minimum atomic E-state index is -3.58. The lowest BCUT2D eigenvalue weighted by atomic mass is 10.2. The van der Waals surface area contributed by atoms with Crippen LogP contribution in [0.5, 0.6) is 0 Å². The summed E-state index contributed by atoms with van der Waals surface area (Å²) in [6.07, 6.45) is 3.97. The molecule has 0 saturated carbocycles. The summed E-state index contributed by atoms with van der Waals surface area (Å²) in [4.78, 5) is 4.06. The van der Waals surface area contributed by atoms with Gasteiger partial charge in [0.2, 0.25) is 10.0 Å². The van der Waals surface area contributed by atoms with Crippen LogP contribution in [-0.2, 0) is 16.4 Å². The van der Waals surface area contributed by atoms with E-state index in [0.29, 0.717) is 18.5 Å². The molecule has 0 unspecified atom stereocenters. The van der Waals surface area contributed by atoms with E-state index >= 15 is 0 Å². The largest absolute Gasteiger partial charge is 0.265 e. The first-order chi connectivity index (χ1) is 10.0. The van der Waals surface area contributed by atoms with E-state index in [2.05, 4.69) is 4.98 Å². The van der Waals surface area contributed by atoms with Gasteiger partial charge in [0.25, 0.3) is 0 Å². The highest BCUT2D eigenvalue weighted by molar-refractivity contribution is 7.89. The molecule has 0 aliphatic rings. The van der Waals surface area contributed by atoms with Crippen LogP contribution in [0.2, 0.25) is 0 Å². The van der Waals surface area contributed by atoms with Crippen molar-refractivity contribution in [1.29, 1.82) is 5.26 Å². The van der Waals surface area contributed by atoms with Gasteiger partial charge in [-0.15, -0.1) is 0 Å². The highest BCUT2D eigenvalue weighted by Gasteiger charge is 2.20. The topological polar surface area (TPSA) is 74.1 Å². The molecule has 2 aromatic rings. The van der Waals surface area contributed by atoms with Gasteiger partial charge in [0.05, 0.1) is 16.5 Å². The average molecular weight is 301 g/mol. The lowest BCUT2D eigenvalue weighted by Gasteiger charge is -2.17. The van der Waals surface area contributed by atoms with E-state index in [-0.39, 0.29) is 4.90 Å². The number of benzene rings is 1. The van der Waals surface area contributed by atoms with Gasteiger partial charge >= 0.3 is 0 Å². The van der Waals surface area contributed by atoms with Crippen LogP contribution in [0.4, 0.5) is 0 Å². The Kier molecular flexibility index (Phi) is 4.68. The minimum Gasteiger partial charge on any atom is -0.265 e. The molecule has 0 aliphatic carbocycles. The number of nitriles is 1. The second kappa shape index (κ2) is 6.48. The summed E-state index contributed by atoms with van der Waals surface area (Å²) in [5, 5.41) is 8.85. The van der Waals surface area contributed by atoms with E-state index in [1.807, 2.05) is 18.2 Å². The summed E-state index contributed by atoms with van der Waals surface area (Å²) in [5.41, 5.74) is 1.36. The number of hydrogen-bond donors (Lipinski definition) is 0. The number of pyridine rings is 1. The summed E-state index contributed by atoms with van der Waals surface area (Å²) in [5.74, 6) is 0. The van der Waals surface area contributed by atoms with Gasteiger partial charge in [0.15, 0.2) is 0 Å². The van der Waals surface area contributed by atoms with Crippen molar-refractivity contribution < 1.29 is 8.42 Å². The summed E-state index contributed by atoms with van der Waals surface area (Å²) in [6.45, 7) is 0.364. The van der Waals surface area contributed by atoms with E-state index in [4.69, 9.17) is 5.26 Å². The number of aromatic nitrogens is 1. The summed E-state index contributed by atoms with van der Waals surface area (Å²) < 4.78 is 26.1. The van der Waals surface area contributed by atoms with Gasteiger partial charge in [0.1, 0.15) is 0 Å². The molecule has 108 valence electrons. The zero-order valence-electron chi connectivity index (χ0n) is 11.6. The van der Waals surface area contributed by atoms with E-state index < -0.39 is 10.0 Å². The molecule has 0 N–H and O–H groups in total. The monoisotopic (exact) mass is 301 g/mol. The number of likely N-dealkylation sites (N-methyl/N-ethyl adjacent to an activating group) is 1. The fraction of sp³-hybridized carbons (Fsp3) is 0.200. The van der Waals surface area contributed by atoms with Gasteiger partial charge in [-0.3, -0.25) is 4.98 Å². The standard InChI is InChI=1S/C15H15N3O2S/c1-18(10-7-13-5-8-17-9-6-13)21(19,20)15-4-2-3-14(11-15)12-16/h2-6,8-9,11H,7,10H2,1H3. The minimum absolute atomic E-state index is 0.138. The van der Waals surface area contributed by atoms with Crippen LogP contribution in [0.15, 0.2) is 53.7 Å². The predicted molar refractivity (Wildman–Crippen MR) is 78.9 cm³/mol. The zero-order chi connectivity index (χ0) is 15.3. The van der Waals surface area contributed by atoms with Crippen molar-refractivity contribution in [1.82, 2.24) is 9.29 Å². The summed E-state index contributed by atoms with van der Waals surface area (Å²) >= 11 is 0. The molecule has 6 heteroatoms. The lowest BCUT2D eigenvalue weighted by Crippen LogP contribution is -2.29. The molecule has 0 spiro atoms. The van der Waals surface area contributed by atoms with Crippen LogP contribution < -0.4 is 0 Å². The second-order valence-corrected chi connectivity index (χ2v) is 6.62. The van der Waals surface area contributed by atoms with Gasteiger partial charge in [0, 0.05) is 26.0 Å². The predicted octanol–water partition coefficient (Wildman–Crippen LogP) is 1.82. The van der Waals surface area contributed by atoms with Crippen LogP contribution in [0.1, 0.15) is 11.1 Å². The lowest BCUT2D eigenvalue weighted by molar-refractivity contribution is 0.472. The Morgan fingerprint density at radius 3 is 2.62 bits per heavy atom. The quantitative estimate of drug-likeness (QED) is 0.844. The average Bonchev–Trinajstić information content (AvgIpc) is 2.53. The van der Waals surface area contributed by atoms with Crippen molar-refractivity contribution in [2.45, 2.75) is 11.3 Å². The Balaban J connectivity index is 2.13. The van der Waals surface area contributed by atoms with Crippen molar-refractivity contribution in [2.75, 3.05) is 13.6 Å². The smallest absolute Gasteiger partial charge is 0.242 e. The van der Waals surface area contributed by atoms with Crippen LogP contribution in [0, 0.1) is 11.3 Å². The molecule has 0 saturated heterocycles. The Hall–Kier alpha value is -2.23. The fourth-order valence-electron chi connectivity index (χ4n) is 1.86. The molecule has 0 aliphatic heterocycles. The molecule has 0 fully saturated rings. The van der Waals surface area contributed by atoms with E-state index in [1.165, 1.54) is 23.5 Å². The number of sulfonamides is 1. The van der Waals surface area contributed by atoms with Crippen molar-refractivity contribution in [3.63, 3.8) is 0 Å². The Morgan fingerprint density at radius 2 is 1.95 bits per heavy atom. The first-order valence-corrected chi connectivity index (χ1v) is 7.83. The van der Waals surface area contributed by atoms with Crippen molar-refractivity contribution in [3.05, 3.63) is 59.9 Å². The van der Waals surface area contributed by atoms with Gasteiger partial charge < -0.3 is 0 Å². The first-order valence-electron chi connectivity index (χ1n) is 6.39. The molecular weight excluding hydrogens is 286 g/mol. The number of nitrogens with zero attached hydrogens (tertiary/aromatic N) is 3. The third kappa shape index (κ3) is 3.66. The SMILES string of the molecule is CN(CCc1ccncc1)S(=O)(=O)c1cccc(C#N)c1. The molecule has 0 radical (unpaired) electrons. The summed E-state index contributed by atoms with van der Waals surface area (Å²) in [6, 6.07) is 11.7. The van der Waals surface area contributed by atoms with Crippen LogP contribution in [-0.4, -0.2) is 31.3 Å². The Bertz CT molecular complexity index is 752. The highest BCUT2D eigenvalue weighted by Crippen LogP contribution is 2.16. The van der Waals surface area contributed by atoms with Crippen molar-refractivity contribution in [3.8, 4) is 6.07 Å². The van der Waals surface area contributed by atoms with Crippen LogP contribution in [0.25, 0.3) is 0 Å². The highest BCUT2D eigenvalue weighted by atomic mass is 32.2. The number of hydrogen-bond acceptors (Lipinski definition) is 4. The van der Waals surface area contributed by atoms with Gasteiger partial charge in [-0.05, 0) is 42.3 Å². The molecule has 0 amide bonds. The zero-order valence-corrected chi connectivity index (χ0v) is 12.4. The molecule has 0 atom stereocenters. The molecule has 1 heterocycles. The maximum Gasteiger partial charge on any atom is 0.242 e. The van der Waals surface area contributed by atoms with E-state index in [0.717, 1.165) is 5.56 Å². The molecule has 2 rings (SSSR count). The second-order valence-electron chi connectivity index (χ2n) is 4.57. The molecule has 1 aromatic heterocycles. The normalized spacial score (nSPS) is 11.3. The van der Waals surface area contributed by atoms with E-state index in [1.54, 1.807) is 24.5 Å². The maximum absolute atomic E-state index is 12.4. The number of rotatable bonds is 5. The maximum atomic E-state index is 12.4. The third-order valence-corrected chi connectivity index (χ3v) is 4.99. The van der Waals surface area contributed by atoms with Crippen LogP contribution >= 0.6 is 0 Å². The van der Waals surface area contributed by atoms with Gasteiger partial charge in [-0.1, -0.05) is 6.07 Å². The molecular formula is C15H15N3O2S. The fourth-order valence-corrected chi connectivity index (χ4v) is 3.08. The van der Waals surface area contributed by atoms with Gasteiger partial charge in [-0.25, -0.2) is 12.7 Å². The summed E-state index contributed by atoms with van der Waals surface area (Å²) in [7, 11) is -2.04. The molecule has 5 nitrogen and oxygen atoms in total. The van der Waals surface area contributed by atoms with E-state index in [9.17, 15) is 8.42 Å². The van der Waals surface area contributed by atoms with Gasteiger partial charge in [-0.2, -0.15) is 5.26 Å². The Labute approximate surface area is 124 Å². The Morgan fingerprint density at radius 1 is 1.24 bits per heavy atom. The first kappa shape index (κ1) is 15.2. The van der Waals surface area contributed by atoms with Crippen molar-refractivity contribution >= 4 is 10.0 Å². The molecule has 21 heavy (non-hydrogen) atoms. The molecule has 1 aromatic carbocycles.